The van der Waals surface area contributed by atoms with Crippen LogP contribution in [0.1, 0.15) is 19.4 Å². The monoisotopic (exact) mass is 238 g/mol. The Morgan fingerprint density at radius 1 is 1.38 bits per heavy atom. The van der Waals surface area contributed by atoms with Crippen LogP contribution in [0.5, 0.6) is 0 Å². The van der Waals surface area contributed by atoms with E-state index in [9.17, 15) is 4.79 Å². The Bertz CT molecular complexity index is 391. The van der Waals surface area contributed by atoms with Crippen molar-refractivity contribution < 1.29 is 9.90 Å². The summed E-state index contributed by atoms with van der Waals surface area (Å²) in [5.74, 6) is -0.663. The number of rotatable bonds is 4. The second-order valence-electron chi connectivity index (χ2n) is 4.02. The molecule has 0 fully saturated rings. The normalized spacial score (nSPS) is 11.9. The molecule has 1 aromatic rings. The van der Waals surface area contributed by atoms with Gasteiger partial charge in [0.2, 0.25) is 0 Å². The number of carboxylic acids is 1. The van der Waals surface area contributed by atoms with Crippen molar-refractivity contribution in [3.63, 3.8) is 0 Å². The quantitative estimate of drug-likeness (QED) is 0.815. The number of halogens is 1. The van der Waals surface area contributed by atoms with Crippen LogP contribution in [0.3, 0.4) is 0 Å². The van der Waals surface area contributed by atoms with Crippen molar-refractivity contribution >= 4 is 17.6 Å². The van der Waals surface area contributed by atoms with Crippen molar-refractivity contribution in [2.75, 3.05) is 0 Å². The van der Waals surface area contributed by atoms with Gasteiger partial charge < -0.3 is 5.11 Å². The predicted octanol–water partition coefficient (Wildman–Crippen LogP) is 3.55. The zero-order chi connectivity index (χ0) is 12.1. The highest BCUT2D eigenvalue weighted by Gasteiger charge is 2.06. The number of carboxylic acid groups (broad SMARTS) is 1. The fraction of sp³-hybridized carbons (Fsp3) is 0.308. The average Bonchev–Trinajstić information content (AvgIpc) is 2.19. The molecule has 0 saturated carbocycles. The molecule has 0 bridgehead atoms. The van der Waals surface area contributed by atoms with Gasteiger partial charge in [-0.05, 0) is 30.0 Å². The molecular weight excluding hydrogens is 224 g/mol. The summed E-state index contributed by atoms with van der Waals surface area (Å²) in [4.78, 5) is 10.7. The van der Waals surface area contributed by atoms with E-state index in [1.807, 2.05) is 38.1 Å². The van der Waals surface area contributed by atoms with Gasteiger partial charge >= 0.3 is 5.97 Å². The van der Waals surface area contributed by atoms with Crippen molar-refractivity contribution in [2.24, 2.45) is 5.92 Å². The summed E-state index contributed by atoms with van der Waals surface area (Å²) in [6.07, 6.45) is 1.94. The Morgan fingerprint density at radius 3 is 2.38 bits per heavy atom. The lowest BCUT2D eigenvalue weighted by atomic mass is 9.95. The lowest BCUT2D eigenvalue weighted by Crippen LogP contribution is -2.02. The molecule has 86 valence electrons. The van der Waals surface area contributed by atoms with Crippen molar-refractivity contribution in [1.29, 1.82) is 0 Å². The number of hydrogen-bond acceptors (Lipinski definition) is 1. The summed E-state index contributed by atoms with van der Waals surface area (Å²) in [5.41, 5.74) is 1.99. The molecule has 3 heteroatoms. The minimum absolute atomic E-state index is 0.228. The summed E-state index contributed by atoms with van der Waals surface area (Å²) < 4.78 is 0. The maximum Gasteiger partial charge on any atom is 0.328 e. The summed E-state index contributed by atoms with van der Waals surface area (Å²) in [6.45, 7) is 3.98. The summed E-state index contributed by atoms with van der Waals surface area (Å²) in [7, 11) is 0. The molecule has 0 aliphatic rings. The van der Waals surface area contributed by atoms with Gasteiger partial charge in [0.25, 0.3) is 0 Å². The van der Waals surface area contributed by atoms with Crippen molar-refractivity contribution in [1.82, 2.24) is 0 Å². The van der Waals surface area contributed by atoms with E-state index in [-0.39, 0.29) is 5.92 Å². The van der Waals surface area contributed by atoms with E-state index in [0.29, 0.717) is 11.4 Å². The number of allylic oxidation sites excluding steroid dienone is 1. The van der Waals surface area contributed by atoms with E-state index in [1.165, 1.54) is 6.08 Å². The number of hydrogen-bond donors (Lipinski definition) is 1. The minimum Gasteiger partial charge on any atom is -0.478 e. The molecule has 0 heterocycles. The molecule has 1 rings (SSSR count). The molecule has 0 aliphatic carbocycles. The Hall–Kier alpha value is -1.28. The van der Waals surface area contributed by atoms with Gasteiger partial charge in [-0.15, -0.1) is 0 Å². The summed E-state index contributed by atoms with van der Waals surface area (Å²) in [5, 5.41) is 9.45. The lowest BCUT2D eigenvalue weighted by molar-refractivity contribution is -0.131. The lowest BCUT2D eigenvalue weighted by Gasteiger charge is -2.10. The molecular formula is C13H15ClO2. The highest BCUT2D eigenvalue weighted by molar-refractivity contribution is 6.30. The molecule has 0 radical (unpaired) electrons. The van der Waals surface area contributed by atoms with E-state index < -0.39 is 5.97 Å². The van der Waals surface area contributed by atoms with Gasteiger partial charge in [0.05, 0.1) is 0 Å². The van der Waals surface area contributed by atoms with Gasteiger partial charge in [0.1, 0.15) is 0 Å². The first-order chi connectivity index (χ1) is 7.49. The second-order valence-corrected chi connectivity index (χ2v) is 4.45. The van der Waals surface area contributed by atoms with E-state index in [2.05, 4.69) is 0 Å². The molecule has 0 amide bonds. The number of benzene rings is 1. The first-order valence-corrected chi connectivity index (χ1v) is 5.54. The van der Waals surface area contributed by atoms with Crippen LogP contribution < -0.4 is 0 Å². The van der Waals surface area contributed by atoms with Crippen LogP contribution in [0, 0.1) is 5.92 Å². The highest BCUT2D eigenvalue weighted by Crippen LogP contribution is 2.18. The predicted molar refractivity (Wildman–Crippen MR) is 65.7 cm³/mol. The highest BCUT2D eigenvalue weighted by atomic mass is 35.5. The van der Waals surface area contributed by atoms with Gasteiger partial charge in [-0.3, -0.25) is 0 Å². The number of carbonyl (C=O) groups is 1. The average molecular weight is 239 g/mol. The van der Waals surface area contributed by atoms with Crippen LogP contribution >= 0.6 is 11.6 Å². The van der Waals surface area contributed by atoms with Gasteiger partial charge in [-0.1, -0.05) is 43.2 Å². The van der Waals surface area contributed by atoms with Crippen molar-refractivity contribution in [3.8, 4) is 0 Å². The SMILES string of the molecule is CC(C)/C(=C\C(=O)O)Cc1ccc(Cl)cc1. The molecule has 0 saturated heterocycles. The van der Waals surface area contributed by atoms with E-state index in [4.69, 9.17) is 16.7 Å². The minimum atomic E-state index is -0.891. The zero-order valence-electron chi connectivity index (χ0n) is 9.40. The van der Waals surface area contributed by atoms with Crippen molar-refractivity contribution in [2.45, 2.75) is 20.3 Å². The van der Waals surface area contributed by atoms with Crippen LogP contribution in [-0.2, 0) is 11.2 Å². The van der Waals surface area contributed by atoms with Crippen LogP contribution in [0.15, 0.2) is 35.9 Å². The van der Waals surface area contributed by atoms with Crippen LogP contribution in [-0.4, -0.2) is 11.1 Å². The molecule has 0 spiro atoms. The van der Waals surface area contributed by atoms with E-state index in [1.54, 1.807) is 0 Å². The molecule has 0 atom stereocenters. The first kappa shape index (κ1) is 12.8. The number of aliphatic carboxylic acids is 1. The fourth-order valence-corrected chi connectivity index (χ4v) is 1.54. The molecule has 1 aromatic carbocycles. The maximum absolute atomic E-state index is 10.7. The van der Waals surface area contributed by atoms with Crippen LogP contribution in [0.25, 0.3) is 0 Å². The molecule has 1 N–H and O–H groups in total. The smallest absolute Gasteiger partial charge is 0.328 e. The molecule has 16 heavy (non-hydrogen) atoms. The van der Waals surface area contributed by atoms with Gasteiger partial charge in [-0.2, -0.15) is 0 Å². The first-order valence-electron chi connectivity index (χ1n) is 5.17. The largest absolute Gasteiger partial charge is 0.478 e. The van der Waals surface area contributed by atoms with Gasteiger partial charge in [0, 0.05) is 11.1 Å². The van der Waals surface area contributed by atoms with Gasteiger partial charge in [-0.25, -0.2) is 4.79 Å². The summed E-state index contributed by atoms with van der Waals surface area (Å²) in [6, 6.07) is 7.46. The Labute approximate surface area is 101 Å². The van der Waals surface area contributed by atoms with Crippen LogP contribution in [0.2, 0.25) is 5.02 Å². The third-order valence-corrected chi connectivity index (χ3v) is 2.62. The topological polar surface area (TPSA) is 37.3 Å². The molecule has 2 nitrogen and oxygen atoms in total. The fourth-order valence-electron chi connectivity index (χ4n) is 1.42. The molecule has 0 aliphatic heterocycles. The van der Waals surface area contributed by atoms with Crippen LogP contribution in [0.4, 0.5) is 0 Å². The summed E-state index contributed by atoms with van der Waals surface area (Å²) >= 11 is 5.79. The zero-order valence-corrected chi connectivity index (χ0v) is 10.2. The van der Waals surface area contributed by atoms with Gasteiger partial charge in [0.15, 0.2) is 0 Å². The standard InChI is InChI=1S/C13H15ClO2/c1-9(2)11(8-13(15)16)7-10-3-5-12(14)6-4-10/h3-6,8-9H,7H2,1-2H3,(H,15,16)/b11-8-. The maximum atomic E-state index is 10.7. The Balaban J connectivity index is 2.84. The second kappa shape index (κ2) is 5.71. The van der Waals surface area contributed by atoms with Crippen molar-refractivity contribution in [3.05, 3.63) is 46.5 Å². The van der Waals surface area contributed by atoms with E-state index >= 15 is 0 Å². The third-order valence-electron chi connectivity index (χ3n) is 2.37. The Kier molecular flexibility index (Phi) is 4.56. The third kappa shape index (κ3) is 4.07. The Morgan fingerprint density at radius 2 is 1.94 bits per heavy atom. The van der Waals surface area contributed by atoms with E-state index in [0.717, 1.165) is 11.1 Å². The molecule has 0 aromatic heterocycles. The molecule has 0 unspecified atom stereocenters.